The van der Waals surface area contributed by atoms with Gasteiger partial charge in [0.2, 0.25) is 0 Å². The Labute approximate surface area is 83.5 Å². The summed E-state index contributed by atoms with van der Waals surface area (Å²) in [5, 5.41) is 0. The van der Waals surface area contributed by atoms with Crippen LogP contribution >= 0.6 is 0 Å². The van der Waals surface area contributed by atoms with Gasteiger partial charge in [0, 0.05) is 28.4 Å². The molecule has 0 aliphatic carbocycles. The zero-order chi connectivity index (χ0) is 7.40. The molecule has 1 aromatic rings. The summed E-state index contributed by atoms with van der Waals surface area (Å²) < 4.78 is 0. The molecule has 0 heterocycles. The molecular formula is C9H13AuN. The molecule has 0 aliphatic heterocycles. The first-order chi connectivity index (χ1) is 4.79. The largest absolute Gasteiger partial charge is 0.328 e. The fraction of sp³-hybridized carbons (Fsp3) is 0.333. The third-order valence-corrected chi connectivity index (χ3v) is 1.40. The van der Waals surface area contributed by atoms with Gasteiger partial charge in [0.1, 0.15) is 0 Å². The van der Waals surface area contributed by atoms with Gasteiger partial charge in [0.25, 0.3) is 0 Å². The van der Waals surface area contributed by atoms with Gasteiger partial charge in [-0.1, -0.05) is 30.3 Å². The standard InChI is InChI=1S/C9H13N.Au/c1-8(10)7-9-5-3-2-4-6-9;/h2-6,8H,7,10H2,1H3;. The molecule has 1 atom stereocenters. The van der Waals surface area contributed by atoms with E-state index in [-0.39, 0.29) is 28.4 Å². The molecule has 65 valence electrons. The van der Waals surface area contributed by atoms with E-state index in [4.69, 9.17) is 5.73 Å². The second kappa shape index (κ2) is 5.56. The molecule has 0 saturated carbocycles. The van der Waals surface area contributed by atoms with Crippen LogP contribution in [-0.4, -0.2) is 6.04 Å². The van der Waals surface area contributed by atoms with Gasteiger partial charge in [-0.25, -0.2) is 0 Å². The SMILES string of the molecule is CC(N)Cc1ccccc1.[Au]. The molecule has 1 unspecified atom stereocenters. The van der Waals surface area contributed by atoms with Crippen LogP contribution in [0.1, 0.15) is 12.5 Å². The van der Waals surface area contributed by atoms with Crippen LogP contribution in [0.2, 0.25) is 0 Å². The Kier molecular flexibility index (Phi) is 5.52. The predicted molar refractivity (Wildman–Crippen MR) is 43.8 cm³/mol. The van der Waals surface area contributed by atoms with Crippen LogP contribution in [0.15, 0.2) is 30.3 Å². The molecule has 1 rings (SSSR count). The average molecular weight is 332 g/mol. The topological polar surface area (TPSA) is 26.0 Å². The maximum Gasteiger partial charge on any atom is 0.00509 e. The fourth-order valence-electron chi connectivity index (χ4n) is 0.986. The van der Waals surface area contributed by atoms with Crippen molar-refractivity contribution in [2.45, 2.75) is 19.4 Å². The summed E-state index contributed by atoms with van der Waals surface area (Å²) in [6.45, 7) is 2.02. The fourth-order valence-corrected chi connectivity index (χ4v) is 0.986. The zero-order valence-electron chi connectivity index (χ0n) is 6.55. The number of nitrogens with two attached hydrogens (primary N) is 1. The van der Waals surface area contributed by atoms with Crippen LogP contribution in [0.4, 0.5) is 0 Å². The minimum atomic E-state index is 0. The van der Waals surface area contributed by atoms with Crippen molar-refractivity contribution in [3.8, 4) is 0 Å². The summed E-state index contributed by atoms with van der Waals surface area (Å²) in [6.07, 6.45) is 0.973. The molecule has 1 nitrogen and oxygen atoms in total. The van der Waals surface area contributed by atoms with Gasteiger partial charge in [0.05, 0.1) is 0 Å². The Morgan fingerprint density at radius 3 is 2.27 bits per heavy atom. The Morgan fingerprint density at radius 2 is 1.82 bits per heavy atom. The number of rotatable bonds is 2. The van der Waals surface area contributed by atoms with Crippen molar-refractivity contribution in [3.63, 3.8) is 0 Å². The van der Waals surface area contributed by atoms with Crippen LogP contribution in [0.3, 0.4) is 0 Å². The first-order valence-corrected chi connectivity index (χ1v) is 3.58. The van der Waals surface area contributed by atoms with E-state index in [9.17, 15) is 0 Å². The van der Waals surface area contributed by atoms with Gasteiger partial charge < -0.3 is 5.73 Å². The van der Waals surface area contributed by atoms with Crippen LogP contribution in [-0.2, 0) is 28.8 Å². The second-order valence-corrected chi connectivity index (χ2v) is 2.67. The van der Waals surface area contributed by atoms with Crippen LogP contribution < -0.4 is 5.73 Å². The zero-order valence-corrected chi connectivity index (χ0v) is 8.72. The Balaban J connectivity index is 0.000001000. The molecular weight excluding hydrogens is 319 g/mol. The van der Waals surface area contributed by atoms with Gasteiger partial charge in [-0.15, -0.1) is 0 Å². The van der Waals surface area contributed by atoms with Crippen molar-refractivity contribution < 1.29 is 22.4 Å². The molecule has 2 N–H and O–H groups in total. The molecule has 0 fully saturated rings. The molecule has 0 amide bonds. The third kappa shape index (κ3) is 4.38. The van der Waals surface area contributed by atoms with E-state index in [1.54, 1.807) is 0 Å². The number of hydrogen-bond donors (Lipinski definition) is 1. The van der Waals surface area contributed by atoms with Crippen molar-refractivity contribution in [1.82, 2.24) is 0 Å². The van der Waals surface area contributed by atoms with E-state index >= 15 is 0 Å². The maximum absolute atomic E-state index is 5.62. The minimum Gasteiger partial charge on any atom is -0.328 e. The predicted octanol–water partition coefficient (Wildman–Crippen LogP) is 1.57. The molecule has 0 aromatic heterocycles. The van der Waals surface area contributed by atoms with E-state index in [1.807, 2.05) is 25.1 Å². The molecule has 1 aromatic carbocycles. The smallest absolute Gasteiger partial charge is 0.00509 e. The molecule has 0 spiro atoms. The summed E-state index contributed by atoms with van der Waals surface area (Å²) in [5.41, 5.74) is 6.94. The Bertz CT molecular complexity index is 184. The van der Waals surface area contributed by atoms with Crippen LogP contribution in [0, 0.1) is 0 Å². The Hall–Kier alpha value is -0.0797. The molecule has 0 saturated heterocycles. The van der Waals surface area contributed by atoms with Crippen molar-refractivity contribution in [3.05, 3.63) is 35.9 Å². The summed E-state index contributed by atoms with van der Waals surface area (Å²) in [7, 11) is 0. The summed E-state index contributed by atoms with van der Waals surface area (Å²) in [6, 6.07) is 10.6. The van der Waals surface area contributed by atoms with Crippen LogP contribution in [0.25, 0.3) is 0 Å². The van der Waals surface area contributed by atoms with Gasteiger partial charge in [-0.2, -0.15) is 0 Å². The molecule has 0 aliphatic rings. The minimum absolute atomic E-state index is 0. The van der Waals surface area contributed by atoms with E-state index in [1.165, 1.54) is 5.56 Å². The van der Waals surface area contributed by atoms with Crippen molar-refractivity contribution in [2.75, 3.05) is 0 Å². The van der Waals surface area contributed by atoms with E-state index in [2.05, 4.69) is 12.1 Å². The third-order valence-electron chi connectivity index (χ3n) is 1.40. The monoisotopic (exact) mass is 332 g/mol. The first-order valence-electron chi connectivity index (χ1n) is 3.58. The summed E-state index contributed by atoms with van der Waals surface area (Å²) in [5.74, 6) is 0. The van der Waals surface area contributed by atoms with Gasteiger partial charge in [-0.3, -0.25) is 0 Å². The number of benzene rings is 1. The van der Waals surface area contributed by atoms with Gasteiger partial charge in [0.15, 0.2) is 0 Å². The van der Waals surface area contributed by atoms with Gasteiger partial charge >= 0.3 is 0 Å². The number of hydrogen-bond acceptors (Lipinski definition) is 1. The van der Waals surface area contributed by atoms with E-state index in [0.717, 1.165) is 6.42 Å². The molecule has 0 bridgehead atoms. The van der Waals surface area contributed by atoms with Crippen molar-refractivity contribution in [2.24, 2.45) is 5.73 Å². The van der Waals surface area contributed by atoms with Crippen LogP contribution in [0.5, 0.6) is 0 Å². The summed E-state index contributed by atoms with van der Waals surface area (Å²) >= 11 is 0. The second-order valence-electron chi connectivity index (χ2n) is 2.67. The quantitative estimate of drug-likeness (QED) is 0.818. The maximum atomic E-state index is 5.62. The normalized spacial score (nSPS) is 11.8. The molecule has 1 radical (unpaired) electrons. The van der Waals surface area contributed by atoms with Crippen molar-refractivity contribution >= 4 is 0 Å². The summed E-state index contributed by atoms with van der Waals surface area (Å²) in [4.78, 5) is 0. The Morgan fingerprint density at radius 1 is 1.27 bits per heavy atom. The molecule has 2 heteroatoms. The average Bonchev–Trinajstić information content (AvgIpc) is 1.88. The molecule has 11 heavy (non-hydrogen) atoms. The first kappa shape index (κ1) is 10.9. The van der Waals surface area contributed by atoms with E-state index < -0.39 is 0 Å². The van der Waals surface area contributed by atoms with Gasteiger partial charge in [-0.05, 0) is 18.9 Å². The van der Waals surface area contributed by atoms with Crippen molar-refractivity contribution in [1.29, 1.82) is 0 Å². The van der Waals surface area contributed by atoms with E-state index in [0.29, 0.717) is 0 Å².